The van der Waals surface area contributed by atoms with Crippen molar-refractivity contribution in [3.05, 3.63) is 30.8 Å². The number of anilines is 2. The molecule has 0 bridgehead atoms. The number of unbranched alkanes of at least 4 members (excludes halogenated alkanes) is 3. The molecule has 1 aliphatic heterocycles. The smallest absolute Gasteiger partial charge is 0.0602 e. The molecule has 1 N–H and O–H groups in total. The van der Waals surface area contributed by atoms with E-state index >= 15 is 0 Å². The molecule has 93 valence electrons. The molecule has 0 saturated heterocycles. The van der Waals surface area contributed by atoms with E-state index in [1.165, 1.54) is 43.6 Å². The van der Waals surface area contributed by atoms with Gasteiger partial charge in [-0.15, -0.1) is 0 Å². The molecule has 0 amide bonds. The second-order valence-corrected chi connectivity index (χ2v) is 4.70. The van der Waals surface area contributed by atoms with E-state index in [1.807, 2.05) is 0 Å². The summed E-state index contributed by atoms with van der Waals surface area (Å²) in [6.45, 7) is 6.76. The molecular formula is C15H23N2. The molecule has 0 unspecified atom stereocenters. The maximum atomic E-state index is 3.39. The lowest BCUT2D eigenvalue weighted by Crippen LogP contribution is -2.24. The van der Waals surface area contributed by atoms with Crippen LogP contribution >= 0.6 is 0 Å². The van der Waals surface area contributed by atoms with Gasteiger partial charge in [-0.3, -0.25) is 0 Å². The normalized spacial score (nSPS) is 15.0. The third kappa shape index (κ3) is 3.39. The predicted octanol–water partition coefficient (Wildman–Crippen LogP) is 4.05. The summed E-state index contributed by atoms with van der Waals surface area (Å²) in [7, 11) is 0. The Morgan fingerprint density at radius 1 is 1.18 bits per heavy atom. The topological polar surface area (TPSA) is 15.3 Å². The minimum absolute atomic E-state index is 1.11. The van der Waals surface area contributed by atoms with Crippen molar-refractivity contribution in [1.82, 2.24) is 0 Å². The third-order valence-electron chi connectivity index (χ3n) is 3.33. The van der Waals surface area contributed by atoms with Crippen LogP contribution in [0.1, 0.15) is 39.0 Å². The van der Waals surface area contributed by atoms with Crippen molar-refractivity contribution >= 4 is 11.4 Å². The minimum Gasteiger partial charge on any atom is -0.379 e. The number of nitrogens with zero attached hydrogens (tertiary/aromatic N) is 1. The van der Waals surface area contributed by atoms with Gasteiger partial charge < -0.3 is 10.2 Å². The fourth-order valence-electron chi connectivity index (χ4n) is 2.36. The molecule has 1 radical (unpaired) electrons. The fourth-order valence-corrected chi connectivity index (χ4v) is 2.36. The van der Waals surface area contributed by atoms with Gasteiger partial charge in [0.1, 0.15) is 0 Å². The van der Waals surface area contributed by atoms with Crippen LogP contribution in [0, 0.1) is 6.54 Å². The average molecular weight is 231 g/mol. The van der Waals surface area contributed by atoms with Crippen LogP contribution in [0.4, 0.5) is 11.4 Å². The number of hydrogen-bond donors (Lipinski definition) is 1. The maximum Gasteiger partial charge on any atom is 0.0602 e. The van der Waals surface area contributed by atoms with E-state index < -0.39 is 0 Å². The predicted molar refractivity (Wildman–Crippen MR) is 75.3 cm³/mol. The Morgan fingerprint density at radius 3 is 2.94 bits per heavy atom. The van der Waals surface area contributed by atoms with Crippen LogP contribution in [0.3, 0.4) is 0 Å². The fraction of sp³-hybridized carbons (Fsp3) is 0.533. The summed E-state index contributed by atoms with van der Waals surface area (Å²) < 4.78 is 0. The van der Waals surface area contributed by atoms with Crippen LogP contribution in [0.5, 0.6) is 0 Å². The van der Waals surface area contributed by atoms with Gasteiger partial charge in [-0.2, -0.15) is 0 Å². The highest BCUT2D eigenvalue weighted by Crippen LogP contribution is 2.29. The Hall–Kier alpha value is -1.18. The molecule has 0 saturated carbocycles. The second-order valence-electron chi connectivity index (χ2n) is 4.70. The number of fused-ring (bicyclic) bond motifs is 1. The van der Waals surface area contributed by atoms with Crippen LogP contribution in [0.15, 0.2) is 24.3 Å². The van der Waals surface area contributed by atoms with E-state index in [0.717, 1.165) is 13.0 Å². The van der Waals surface area contributed by atoms with E-state index in [2.05, 4.69) is 48.0 Å². The van der Waals surface area contributed by atoms with E-state index in [1.54, 1.807) is 0 Å². The lowest BCUT2D eigenvalue weighted by atomic mass is 10.2. The van der Waals surface area contributed by atoms with Gasteiger partial charge in [0.05, 0.1) is 11.4 Å². The highest BCUT2D eigenvalue weighted by Gasteiger charge is 2.13. The minimum atomic E-state index is 1.11. The van der Waals surface area contributed by atoms with Crippen molar-refractivity contribution in [3.8, 4) is 0 Å². The molecule has 0 atom stereocenters. The zero-order valence-corrected chi connectivity index (χ0v) is 10.8. The van der Waals surface area contributed by atoms with Crippen LogP contribution in [0.25, 0.3) is 0 Å². The summed E-state index contributed by atoms with van der Waals surface area (Å²) >= 11 is 0. The summed E-state index contributed by atoms with van der Waals surface area (Å²) in [5.41, 5.74) is 2.61. The first-order valence-corrected chi connectivity index (χ1v) is 6.84. The Kier molecular flexibility index (Phi) is 4.72. The first-order chi connectivity index (χ1) is 8.42. The molecule has 1 aliphatic rings. The number of nitrogens with one attached hydrogen (secondary N) is 1. The van der Waals surface area contributed by atoms with Gasteiger partial charge in [-0.25, -0.2) is 0 Å². The van der Waals surface area contributed by atoms with E-state index in [4.69, 9.17) is 0 Å². The summed E-state index contributed by atoms with van der Waals surface area (Å²) in [5, 5.41) is 3.39. The lowest BCUT2D eigenvalue weighted by Gasteiger charge is -2.24. The SMILES string of the molecule is CCCCCCN1CC[CH]Nc2ccccc21. The molecule has 1 aromatic rings. The number of para-hydroxylation sites is 2. The maximum absolute atomic E-state index is 3.39. The van der Waals surface area contributed by atoms with Gasteiger partial charge in [-0.1, -0.05) is 38.3 Å². The Labute approximate surface area is 105 Å². The van der Waals surface area contributed by atoms with Gasteiger partial charge in [0.2, 0.25) is 0 Å². The van der Waals surface area contributed by atoms with Crippen molar-refractivity contribution in [1.29, 1.82) is 0 Å². The number of rotatable bonds is 5. The zero-order chi connectivity index (χ0) is 11.9. The molecule has 0 spiro atoms. The van der Waals surface area contributed by atoms with Crippen molar-refractivity contribution in [2.24, 2.45) is 0 Å². The van der Waals surface area contributed by atoms with Gasteiger partial charge in [0.25, 0.3) is 0 Å². The van der Waals surface area contributed by atoms with E-state index in [0.29, 0.717) is 0 Å². The monoisotopic (exact) mass is 231 g/mol. The lowest BCUT2D eigenvalue weighted by molar-refractivity contribution is 0.643. The average Bonchev–Trinajstić information content (AvgIpc) is 2.57. The Balaban J connectivity index is 1.97. The van der Waals surface area contributed by atoms with Gasteiger partial charge in [-0.05, 0) is 25.0 Å². The quantitative estimate of drug-likeness (QED) is 0.769. The first kappa shape index (κ1) is 12.3. The molecule has 1 aromatic carbocycles. The summed E-state index contributed by atoms with van der Waals surface area (Å²) in [6, 6.07) is 8.61. The molecule has 1 heterocycles. The summed E-state index contributed by atoms with van der Waals surface area (Å²) in [5.74, 6) is 0. The van der Waals surface area contributed by atoms with Crippen molar-refractivity contribution in [2.45, 2.75) is 39.0 Å². The van der Waals surface area contributed by atoms with Gasteiger partial charge in [0.15, 0.2) is 0 Å². The number of hydrogen-bond acceptors (Lipinski definition) is 2. The van der Waals surface area contributed by atoms with Crippen molar-refractivity contribution in [2.75, 3.05) is 23.3 Å². The van der Waals surface area contributed by atoms with Crippen LogP contribution in [-0.4, -0.2) is 13.1 Å². The van der Waals surface area contributed by atoms with Crippen molar-refractivity contribution < 1.29 is 0 Å². The Bertz CT molecular complexity index is 335. The largest absolute Gasteiger partial charge is 0.379 e. The molecule has 17 heavy (non-hydrogen) atoms. The summed E-state index contributed by atoms with van der Waals surface area (Å²) in [6.07, 6.45) is 6.45. The highest BCUT2D eigenvalue weighted by molar-refractivity contribution is 5.71. The molecule has 0 aliphatic carbocycles. The molecule has 2 heteroatoms. The first-order valence-electron chi connectivity index (χ1n) is 6.84. The second kappa shape index (κ2) is 6.53. The third-order valence-corrected chi connectivity index (χ3v) is 3.33. The molecular weight excluding hydrogens is 208 g/mol. The molecule has 2 nitrogen and oxygen atoms in total. The van der Waals surface area contributed by atoms with E-state index in [-0.39, 0.29) is 0 Å². The van der Waals surface area contributed by atoms with E-state index in [9.17, 15) is 0 Å². The highest BCUT2D eigenvalue weighted by atomic mass is 15.2. The standard InChI is InChI=1S/C15H23N2/c1-2-3-4-7-12-17-13-8-11-16-14-9-5-6-10-15(14)17/h5-6,9-11,16H,2-4,7-8,12-13H2,1H3. The van der Waals surface area contributed by atoms with Crippen molar-refractivity contribution in [3.63, 3.8) is 0 Å². The molecule has 2 rings (SSSR count). The van der Waals surface area contributed by atoms with Crippen LogP contribution < -0.4 is 10.2 Å². The zero-order valence-electron chi connectivity index (χ0n) is 10.8. The number of benzene rings is 1. The van der Waals surface area contributed by atoms with Gasteiger partial charge in [0, 0.05) is 19.6 Å². The molecule has 0 aromatic heterocycles. The van der Waals surface area contributed by atoms with Crippen LogP contribution in [0.2, 0.25) is 0 Å². The Morgan fingerprint density at radius 2 is 2.06 bits per heavy atom. The molecule has 0 fully saturated rings. The van der Waals surface area contributed by atoms with Gasteiger partial charge >= 0.3 is 0 Å². The van der Waals surface area contributed by atoms with Crippen LogP contribution in [-0.2, 0) is 0 Å². The summed E-state index contributed by atoms with van der Waals surface area (Å²) in [4.78, 5) is 2.52.